The van der Waals surface area contributed by atoms with Crippen molar-refractivity contribution in [2.24, 2.45) is 5.92 Å². The molecule has 1 saturated heterocycles. The lowest BCUT2D eigenvalue weighted by molar-refractivity contribution is -0.139. The number of rotatable bonds is 8. The Bertz CT molecular complexity index is 633. The Labute approximate surface area is 161 Å². The molecule has 26 heavy (non-hydrogen) atoms. The van der Waals surface area contributed by atoms with Crippen molar-refractivity contribution in [3.05, 3.63) is 35.4 Å². The molecule has 5 nitrogen and oxygen atoms in total. The Morgan fingerprint density at radius 2 is 2.12 bits per heavy atom. The van der Waals surface area contributed by atoms with Crippen LogP contribution in [0.1, 0.15) is 36.8 Å². The Morgan fingerprint density at radius 3 is 2.73 bits per heavy atom. The van der Waals surface area contributed by atoms with E-state index in [4.69, 9.17) is 0 Å². The summed E-state index contributed by atoms with van der Waals surface area (Å²) in [4.78, 5) is 29.4. The van der Waals surface area contributed by atoms with Gasteiger partial charge < -0.3 is 15.1 Å². The quantitative estimate of drug-likeness (QED) is 0.757. The molecule has 1 aromatic carbocycles. The van der Waals surface area contributed by atoms with E-state index in [1.54, 1.807) is 11.8 Å². The van der Waals surface area contributed by atoms with Crippen molar-refractivity contribution in [2.75, 3.05) is 32.9 Å². The summed E-state index contributed by atoms with van der Waals surface area (Å²) in [6, 6.07) is 7.80. The summed E-state index contributed by atoms with van der Waals surface area (Å²) in [5.74, 6) is 0.762. The van der Waals surface area contributed by atoms with Crippen molar-refractivity contribution in [1.82, 2.24) is 15.1 Å². The van der Waals surface area contributed by atoms with Gasteiger partial charge in [0.15, 0.2) is 0 Å². The minimum atomic E-state index is -0.426. The molecule has 6 heteroatoms. The molecule has 1 aromatic rings. The van der Waals surface area contributed by atoms with Crippen LogP contribution in [0.3, 0.4) is 0 Å². The molecule has 1 aliphatic rings. The van der Waals surface area contributed by atoms with Crippen LogP contribution in [0.5, 0.6) is 0 Å². The molecule has 0 radical (unpaired) electrons. The van der Waals surface area contributed by atoms with Gasteiger partial charge in [-0.15, -0.1) is 11.8 Å². The number of nitrogens with one attached hydrogen (secondary N) is 1. The van der Waals surface area contributed by atoms with Crippen molar-refractivity contribution >= 4 is 23.6 Å². The highest BCUT2D eigenvalue weighted by atomic mass is 32.2. The maximum atomic E-state index is 12.9. The number of hydrogen-bond donors (Lipinski definition) is 1. The SMILES string of the molecule is Cc1cccc([C@H]2SCC(=O)N2[C@H](CC(C)C)C(=O)NCCN(C)C)c1. The van der Waals surface area contributed by atoms with Crippen molar-refractivity contribution in [3.63, 3.8) is 0 Å². The second-order valence-electron chi connectivity index (χ2n) is 7.62. The molecule has 0 unspecified atom stereocenters. The van der Waals surface area contributed by atoms with E-state index in [1.165, 1.54) is 5.56 Å². The summed E-state index contributed by atoms with van der Waals surface area (Å²) in [5.41, 5.74) is 2.26. The van der Waals surface area contributed by atoms with E-state index in [9.17, 15) is 9.59 Å². The van der Waals surface area contributed by atoms with Crippen LogP contribution >= 0.6 is 11.8 Å². The van der Waals surface area contributed by atoms with E-state index in [2.05, 4.69) is 38.2 Å². The zero-order valence-corrected chi connectivity index (χ0v) is 17.3. The van der Waals surface area contributed by atoms with Crippen LogP contribution in [0.4, 0.5) is 0 Å². The second-order valence-corrected chi connectivity index (χ2v) is 8.69. The van der Waals surface area contributed by atoms with E-state index >= 15 is 0 Å². The van der Waals surface area contributed by atoms with Crippen LogP contribution in [0.25, 0.3) is 0 Å². The van der Waals surface area contributed by atoms with Crippen molar-refractivity contribution in [2.45, 2.75) is 38.6 Å². The van der Waals surface area contributed by atoms with Crippen molar-refractivity contribution in [1.29, 1.82) is 0 Å². The molecular formula is C20H31N3O2S. The molecule has 0 spiro atoms. The van der Waals surface area contributed by atoms with Crippen molar-refractivity contribution < 1.29 is 9.59 Å². The number of amides is 2. The van der Waals surface area contributed by atoms with Gasteiger partial charge in [-0.2, -0.15) is 0 Å². The largest absolute Gasteiger partial charge is 0.353 e. The Hall–Kier alpha value is -1.53. The number of likely N-dealkylation sites (N-methyl/N-ethyl adjacent to an activating group) is 1. The van der Waals surface area contributed by atoms with Gasteiger partial charge in [0.05, 0.1) is 5.75 Å². The monoisotopic (exact) mass is 377 g/mol. The number of hydrogen-bond acceptors (Lipinski definition) is 4. The fourth-order valence-corrected chi connectivity index (χ4v) is 4.38. The first-order valence-corrected chi connectivity index (χ1v) is 10.3. The first kappa shape index (κ1) is 20.8. The minimum Gasteiger partial charge on any atom is -0.353 e. The van der Waals surface area contributed by atoms with Gasteiger partial charge in [-0.3, -0.25) is 9.59 Å². The predicted molar refractivity (Wildman–Crippen MR) is 108 cm³/mol. The zero-order chi connectivity index (χ0) is 19.3. The van der Waals surface area contributed by atoms with Gasteiger partial charge in [0.1, 0.15) is 11.4 Å². The number of nitrogens with zero attached hydrogens (tertiary/aromatic N) is 2. The lowest BCUT2D eigenvalue weighted by Crippen LogP contribution is -2.50. The molecule has 2 rings (SSSR count). The molecular weight excluding hydrogens is 346 g/mol. The summed E-state index contributed by atoms with van der Waals surface area (Å²) in [7, 11) is 3.96. The number of aryl methyl sites for hydroxylation is 1. The summed E-state index contributed by atoms with van der Waals surface area (Å²) < 4.78 is 0. The number of carbonyl (C=O) groups is 2. The third-order valence-electron chi connectivity index (χ3n) is 4.42. The lowest BCUT2D eigenvalue weighted by Gasteiger charge is -2.33. The summed E-state index contributed by atoms with van der Waals surface area (Å²) >= 11 is 1.61. The molecule has 2 amide bonds. The molecule has 1 N–H and O–H groups in total. The number of carbonyl (C=O) groups excluding carboxylic acids is 2. The molecule has 0 saturated carbocycles. The van der Waals surface area contributed by atoms with E-state index in [0.29, 0.717) is 24.6 Å². The fraction of sp³-hybridized carbons (Fsp3) is 0.600. The van der Waals surface area contributed by atoms with Gasteiger partial charge in [-0.1, -0.05) is 43.7 Å². The van der Waals surface area contributed by atoms with E-state index < -0.39 is 6.04 Å². The van der Waals surface area contributed by atoms with Crippen molar-refractivity contribution in [3.8, 4) is 0 Å². The molecule has 0 bridgehead atoms. The number of thioether (sulfide) groups is 1. The Balaban J connectivity index is 2.22. The van der Waals surface area contributed by atoms with Gasteiger partial charge in [-0.25, -0.2) is 0 Å². The van der Waals surface area contributed by atoms with Gasteiger partial charge in [0.2, 0.25) is 11.8 Å². The van der Waals surface area contributed by atoms with Crippen LogP contribution < -0.4 is 5.32 Å². The van der Waals surface area contributed by atoms with Crippen LogP contribution in [-0.2, 0) is 9.59 Å². The topological polar surface area (TPSA) is 52.7 Å². The second kappa shape index (κ2) is 9.42. The summed E-state index contributed by atoms with van der Waals surface area (Å²) in [5, 5.41) is 2.92. The maximum Gasteiger partial charge on any atom is 0.242 e. The normalized spacial score (nSPS) is 18.7. The van der Waals surface area contributed by atoms with Crippen LogP contribution in [-0.4, -0.2) is 60.6 Å². The third kappa shape index (κ3) is 5.48. The predicted octanol–water partition coefficient (Wildman–Crippen LogP) is 2.66. The Morgan fingerprint density at radius 1 is 1.38 bits per heavy atom. The van der Waals surface area contributed by atoms with Crippen LogP contribution in [0.2, 0.25) is 0 Å². The molecule has 2 atom stereocenters. The molecule has 1 fully saturated rings. The average molecular weight is 378 g/mol. The molecule has 0 aliphatic carbocycles. The highest BCUT2D eigenvalue weighted by molar-refractivity contribution is 8.00. The summed E-state index contributed by atoms with van der Waals surface area (Å²) in [6.07, 6.45) is 0.669. The molecule has 1 heterocycles. The van der Waals surface area contributed by atoms with Gasteiger partial charge in [0, 0.05) is 13.1 Å². The first-order chi connectivity index (χ1) is 12.3. The van der Waals surface area contributed by atoms with E-state index in [-0.39, 0.29) is 17.2 Å². The van der Waals surface area contributed by atoms with E-state index in [1.807, 2.05) is 36.0 Å². The number of benzene rings is 1. The highest BCUT2D eigenvalue weighted by Crippen LogP contribution is 2.41. The van der Waals surface area contributed by atoms with Crippen LogP contribution in [0, 0.1) is 12.8 Å². The fourth-order valence-electron chi connectivity index (χ4n) is 3.17. The maximum absolute atomic E-state index is 12.9. The first-order valence-electron chi connectivity index (χ1n) is 9.21. The van der Waals surface area contributed by atoms with E-state index in [0.717, 1.165) is 12.1 Å². The smallest absolute Gasteiger partial charge is 0.242 e. The van der Waals surface area contributed by atoms with Gasteiger partial charge >= 0.3 is 0 Å². The Kier molecular flexibility index (Phi) is 7.53. The molecule has 0 aromatic heterocycles. The molecule has 1 aliphatic heterocycles. The van der Waals surface area contributed by atoms with Crippen LogP contribution in [0.15, 0.2) is 24.3 Å². The highest BCUT2D eigenvalue weighted by Gasteiger charge is 2.40. The van der Waals surface area contributed by atoms with Gasteiger partial charge in [0.25, 0.3) is 0 Å². The average Bonchev–Trinajstić information content (AvgIpc) is 2.93. The third-order valence-corrected chi connectivity index (χ3v) is 5.65. The lowest BCUT2D eigenvalue weighted by atomic mass is 10.0. The zero-order valence-electron chi connectivity index (χ0n) is 16.5. The summed E-state index contributed by atoms with van der Waals surface area (Å²) in [6.45, 7) is 7.61. The van der Waals surface area contributed by atoms with Gasteiger partial charge in [-0.05, 0) is 38.9 Å². The molecule has 144 valence electrons. The standard InChI is InChI=1S/C20H31N3O2S/c1-14(2)11-17(19(25)21-9-10-22(4)5)23-18(24)13-26-20(23)16-8-6-7-15(3)12-16/h6-8,12,14,17,20H,9-11,13H2,1-5H3,(H,21,25)/t17-,20-/m1/s1. The minimum absolute atomic E-state index is 0.0472.